The number of halogens is 1. The van der Waals surface area contributed by atoms with Gasteiger partial charge in [-0.3, -0.25) is 4.79 Å². The Morgan fingerprint density at radius 2 is 2.40 bits per heavy atom. The summed E-state index contributed by atoms with van der Waals surface area (Å²) in [4.78, 5) is 12.0. The number of nitrogens with zero attached hydrogens (tertiary/aromatic N) is 1. The molecule has 1 atom stereocenters. The summed E-state index contributed by atoms with van der Waals surface area (Å²) < 4.78 is 5.11. The van der Waals surface area contributed by atoms with E-state index < -0.39 is 0 Å². The molecule has 0 spiro atoms. The minimum Gasteiger partial charge on any atom is -0.377 e. The molecule has 0 aromatic heterocycles. The molecule has 1 rings (SSSR count). The van der Waals surface area contributed by atoms with Gasteiger partial charge in [0.05, 0.1) is 19.3 Å². The predicted molar refractivity (Wildman–Crippen MR) is 40.3 cm³/mol. The highest BCUT2D eigenvalue weighted by atomic mass is 35.5. The third kappa shape index (κ3) is 2.15. The summed E-state index contributed by atoms with van der Waals surface area (Å²) in [6.45, 7) is 4.08. The maximum absolute atomic E-state index is 10.2. The molecule has 1 saturated heterocycles. The average Bonchev–Trinajstić information content (AvgIpc) is 1.89. The Bertz CT molecular complexity index is 110. The molecule has 0 aliphatic carbocycles. The van der Waals surface area contributed by atoms with Crippen molar-refractivity contribution in [3.8, 4) is 0 Å². The van der Waals surface area contributed by atoms with Gasteiger partial charge in [0.2, 0.25) is 6.41 Å². The van der Waals surface area contributed by atoms with Crippen molar-refractivity contribution < 1.29 is 9.53 Å². The van der Waals surface area contributed by atoms with E-state index in [1.54, 1.807) is 4.90 Å². The summed E-state index contributed by atoms with van der Waals surface area (Å²) in [5.41, 5.74) is 0. The monoisotopic (exact) mass is 165 g/mol. The first-order valence-corrected chi connectivity index (χ1v) is 3.13. The van der Waals surface area contributed by atoms with Gasteiger partial charge in [0.1, 0.15) is 0 Å². The van der Waals surface area contributed by atoms with Crippen LogP contribution >= 0.6 is 12.4 Å². The fraction of sp³-hybridized carbons (Fsp3) is 0.833. The van der Waals surface area contributed by atoms with Gasteiger partial charge in [-0.25, -0.2) is 0 Å². The van der Waals surface area contributed by atoms with Gasteiger partial charge in [0, 0.05) is 6.54 Å². The fourth-order valence-corrected chi connectivity index (χ4v) is 0.897. The van der Waals surface area contributed by atoms with Crippen molar-refractivity contribution in [3.05, 3.63) is 0 Å². The molecular weight excluding hydrogens is 154 g/mol. The van der Waals surface area contributed by atoms with Crippen molar-refractivity contribution >= 4 is 18.8 Å². The van der Waals surface area contributed by atoms with Crippen molar-refractivity contribution in [1.29, 1.82) is 0 Å². The van der Waals surface area contributed by atoms with E-state index in [1.165, 1.54) is 0 Å². The number of morpholine rings is 1. The Morgan fingerprint density at radius 1 is 1.70 bits per heavy atom. The molecule has 1 heterocycles. The molecule has 0 unspecified atom stereocenters. The number of carbonyl (C=O) groups excluding carboxylic acids is 1. The van der Waals surface area contributed by atoms with E-state index in [2.05, 4.69) is 0 Å². The van der Waals surface area contributed by atoms with Gasteiger partial charge < -0.3 is 9.64 Å². The Kier molecular flexibility index (Phi) is 4.40. The van der Waals surface area contributed by atoms with Crippen LogP contribution in [0.1, 0.15) is 6.92 Å². The predicted octanol–water partition coefficient (Wildman–Crippen LogP) is 0.285. The van der Waals surface area contributed by atoms with E-state index in [-0.39, 0.29) is 18.4 Å². The summed E-state index contributed by atoms with van der Waals surface area (Å²) in [6.07, 6.45) is 0.882. The van der Waals surface area contributed by atoms with Crippen LogP contribution in [0.5, 0.6) is 0 Å². The molecule has 10 heavy (non-hydrogen) atoms. The molecular formula is C6H12ClNO2. The van der Waals surface area contributed by atoms with Crippen molar-refractivity contribution in [2.24, 2.45) is 0 Å². The van der Waals surface area contributed by atoms with Gasteiger partial charge in [-0.2, -0.15) is 0 Å². The zero-order chi connectivity index (χ0) is 6.69. The Morgan fingerprint density at radius 3 is 2.80 bits per heavy atom. The lowest BCUT2D eigenvalue weighted by Gasteiger charge is -2.29. The molecule has 4 heteroatoms. The number of amides is 1. The largest absolute Gasteiger partial charge is 0.377 e. The second-order valence-corrected chi connectivity index (χ2v) is 2.27. The van der Waals surface area contributed by atoms with Crippen molar-refractivity contribution in [1.82, 2.24) is 4.90 Å². The lowest BCUT2D eigenvalue weighted by Crippen LogP contribution is -2.42. The van der Waals surface area contributed by atoms with Crippen LogP contribution in [0.15, 0.2) is 0 Å². The van der Waals surface area contributed by atoms with Crippen LogP contribution < -0.4 is 0 Å². The van der Waals surface area contributed by atoms with E-state index in [0.29, 0.717) is 13.2 Å². The molecule has 1 aliphatic rings. The topological polar surface area (TPSA) is 29.5 Å². The first-order chi connectivity index (χ1) is 4.34. The SMILES string of the molecule is C[C@H]1COCCN1C=O.Cl. The number of rotatable bonds is 1. The van der Waals surface area contributed by atoms with E-state index in [9.17, 15) is 4.79 Å². The minimum atomic E-state index is 0. The van der Waals surface area contributed by atoms with Crippen molar-refractivity contribution in [2.75, 3.05) is 19.8 Å². The van der Waals surface area contributed by atoms with Gasteiger partial charge in [-0.15, -0.1) is 12.4 Å². The number of hydrogen-bond acceptors (Lipinski definition) is 2. The maximum Gasteiger partial charge on any atom is 0.210 e. The van der Waals surface area contributed by atoms with E-state index >= 15 is 0 Å². The van der Waals surface area contributed by atoms with Crippen LogP contribution in [0.2, 0.25) is 0 Å². The zero-order valence-corrected chi connectivity index (χ0v) is 6.76. The highest BCUT2D eigenvalue weighted by Gasteiger charge is 2.15. The molecule has 0 bridgehead atoms. The second-order valence-electron chi connectivity index (χ2n) is 2.27. The molecule has 0 aromatic rings. The third-order valence-corrected chi connectivity index (χ3v) is 1.55. The molecule has 0 saturated carbocycles. The van der Waals surface area contributed by atoms with Gasteiger partial charge in [-0.1, -0.05) is 0 Å². The lowest BCUT2D eigenvalue weighted by molar-refractivity contribution is -0.125. The van der Waals surface area contributed by atoms with Gasteiger partial charge in [0.15, 0.2) is 0 Å². The Hall–Kier alpha value is -0.280. The Balaban J connectivity index is 0.000000810. The summed E-state index contributed by atoms with van der Waals surface area (Å²) in [7, 11) is 0. The maximum atomic E-state index is 10.2. The average molecular weight is 166 g/mol. The number of carbonyl (C=O) groups is 1. The van der Waals surface area contributed by atoms with Crippen molar-refractivity contribution in [2.45, 2.75) is 13.0 Å². The summed E-state index contributed by atoms with van der Waals surface area (Å²) in [6, 6.07) is 0.260. The summed E-state index contributed by atoms with van der Waals surface area (Å²) in [5, 5.41) is 0. The molecule has 1 aliphatic heterocycles. The molecule has 3 nitrogen and oxygen atoms in total. The highest BCUT2D eigenvalue weighted by molar-refractivity contribution is 5.85. The van der Waals surface area contributed by atoms with Crippen LogP contribution in [0.4, 0.5) is 0 Å². The summed E-state index contributed by atoms with van der Waals surface area (Å²) >= 11 is 0. The highest BCUT2D eigenvalue weighted by Crippen LogP contribution is 2.01. The number of ether oxygens (including phenoxy) is 1. The molecule has 1 amide bonds. The molecule has 0 N–H and O–H groups in total. The minimum absolute atomic E-state index is 0. The van der Waals surface area contributed by atoms with Gasteiger partial charge in [-0.05, 0) is 6.92 Å². The number of hydrogen-bond donors (Lipinski definition) is 0. The van der Waals surface area contributed by atoms with E-state index in [0.717, 1.165) is 13.0 Å². The lowest BCUT2D eigenvalue weighted by atomic mass is 10.3. The van der Waals surface area contributed by atoms with Crippen LogP contribution in [-0.4, -0.2) is 37.1 Å². The van der Waals surface area contributed by atoms with Crippen molar-refractivity contribution in [3.63, 3.8) is 0 Å². The third-order valence-electron chi connectivity index (χ3n) is 1.55. The van der Waals surface area contributed by atoms with E-state index in [1.807, 2.05) is 6.92 Å². The van der Waals surface area contributed by atoms with Gasteiger partial charge >= 0.3 is 0 Å². The van der Waals surface area contributed by atoms with Crippen LogP contribution in [0.3, 0.4) is 0 Å². The smallest absolute Gasteiger partial charge is 0.210 e. The molecule has 0 aromatic carbocycles. The molecule has 1 fully saturated rings. The quantitative estimate of drug-likeness (QED) is 0.523. The summed E-state index contributed by atoms with van der Waals surface area (Å²) in [5.74, 6) is 0. The first kappa shape index (κ1) is 9.72. The molecule has 0 radical (unpaired) electrons. The van der Waals surface area contributed by atoms with E-state index in [4.69, 9.17) is 4.74 Å². The standard InChI is InChI=1S/C6H11NO2.ClH/c1-6-4-9-3-2-7(6)5-8;/h5-6H,2-4H2,1H3;1H/t6-;/m0./s1. The second kappa shape index (κ2) is 4.52. The normalized spacial score (nSPS) is 25.3. The van der Waals surface area contributed by atoms with Crippen LogP contribution in [0.25, 0.3) is 0 Å². The molecule has 60 valence electrons. The first-order valence-electron chi connectivity index (χ1n) is 3.13. The Labute approximate surface area is 66.7 Å². The van der Waals surface area contributed by atoms with Crippen LogP contribution in [-0.2, 0) is 9.53 Å². The van der Waals surface area contributed by atoms with Gasteiger partial charge in [0.25, 0.3) is 0 Å². The van der Waals surface area contributed by atoms with Crippen LogP contribution in [0, 0.1) is 0 Å². The zero-order valence-electron chi connectivity index (χ0n) is 5.95. The fourth-order valence-electron chi connectivity index (χ4n) is 0.897.